The van der Waals surface area contributed by atoms with Crippen molar-refractivity contribution in [2.45, 2.75) is 46.3 Å². The van der Waals surface area contributed by atoms with Crippen LogP contribution in [-0.4, -0.2) is 32.7 Å². The lowest BCUT2D eigenvalue weighted by Crippen LogP contribution is -2.40. The molecule has 2 aromatic carbocycles. The lowest BCUT2D eigenvalue weighted by molar-refractivity contribution is 0.0646. The minimum atomic E-state index is -0.959. The molecule has 2 amide bonds. The van der Waals surface area contributed by atoms with Crippen LogP contribution >= 0.6 is 0 Å². The van der Waals surface area contributed by atoms with E-state index in [0.717, 1.165) is 11.1 Å². The van der Waals surface area contributed by atoms with Crippen molar-refractivity contribution in [2.75, 3.05) is 15.5 Å². The maximum absolute atomic E-state index is 13.3. The molecule has 0 fully saturated rings. The van der Waals surface area contributed by atoms with Crippen molar-refractivity contribution in [1.82, 2.24) is 9.97 Å². The first-order valence-corrected chi connectivity index (χ1v) is 10.2. The lowest BCUT2D eigenvalue weighted by Gasteiger charge is -2.27. The molecule has 7 heteroatoms. The molecule has 0 bridgehead atoms. The van der Waals surface area contributed by atoms with Crippen molar-refractivity contribution in [3.63, 3.8) is 0 Å². The Hall–Kier alpha value is -3.45. The van der Waals surface area contributed by atoms with E-state index in [2.05, 4.69) is 20.6 Å². The molecule has 0 unspecified atom stereocenters. The van der Waals surface area contributed by atoms with Crippen molar-refractivity contribution in [2.24, 2.45) is 0 Å². The van der Waals surface area contributed by atoms with Crippen molar-refractivity contribution in [3.8, 4) is 0 Å². The van der Waals surface area contributed by atoms with Crippen LogP contribution < -0.4 is 15.5 Å². The Morgan fingerprint density at radius 1 is 1.00 bits per heavy atom. The molecule has 0 radical (unpaired) electrons. The number of carbonyl (C=O) groups is 1. The number of nitrogens with zero attached hydrogens (tertiary/aromatic N) is 3. The Balaban J connectivity index is 1.94. The number of carbonyl (C=O) groups excluding carboxylic acids is 1. The first-order valence-electron chi connectivity index (χ1n) is 10.2. The highest BCUT2D eigenvalue weighted by Gasteiger charge is 2.24. The molecule has 0 saturated carbocycles. The van der Waals surface area contributed by atoms with E-state index in [1.54, 1.807) is 26.1 Å². The summed E-state index contributed by atoms with van der Waals surface area (Å²) in [5, 5.41) is 16.2. The quantitative estimate of drug-likeness (QED) is 0.521. The van der Waals surface area contributed by atoms with Gasteiger partial charge < -0.3 is 15.7 Å². The van der Waals surface area contributed by atoms with E-state index in [9.17, 15) is 9.90 Å². The molecule has 0 aliphatic heterocycles. The molecule has 31 heavy (non-hydrogen) atoms. The average Bonchev–Trinajstić information content (AvgIpc) is 2.71. The van der Waals surface area contributed by atoms with E-state index in [0.29, 0.717) is 23.1 Å². The summed E-state index contributed by atoms with van der Waals surface area (Å²) in [4.78, 5) is 23.5. The van der Waals surface area contributed by atoms with Gasteiger partial charge in [-0.3, -0.25) is 0 Å². The smallest absolute Gasteiger partial charge is 0.332 e. The van der Waals surface area contributed by atoms with Gasteiger partial charge in [-0.15, -0.1) is 0 Å². The summed E-state index contributed by atoms with van der Waals surface area (Å²) in [6.45, 7) is 9.25. The third kappa shape index (κ3) is 5.79. The van der Waals surface area contributed by atoms with Crippen molar-refractivity contribution >= 4 is 29.2 Å². The van der Waals surface area contributed by atoms with Crippen LogP contribution in [-0.2, 0) is 0 Å². The number of hydrogen-bond acceptors (Lipinski definition) is 5. The average molecular weight is 420 g/mol. The van der Waals surface area contributed by atoms with Crippen LogP contribution in [0.5, 0.6) is 0 Å². The minimum Gasteiger partial charge on any atom is -0.388 e. The summed E-state index contributed by atoms with van der Waals surface area (Å²) in [6.07, 6.45) is 1.59. The molecule has 7 nitrogen and oxygen atoms in total. The maximum Gasteiger partial charge on any atom is 0.332 e. The molecular weight excluding hydrogens is 390 g/mol. The molecule has 3 rings (SSSR count). The second-order valence-corrected chi connectivity index (χ2v) is 8.23. The monoisotopic (exact) mass is 419 g/mol. The van der Waals surface area contributed by atoms with Crippen LogP contribution in [0.3, 0.4) is 0 Å². The standard InChI is InChI=1S/C24H29N5O2/c1-16-6-10-19(11-7-16)27-23(30)29(20-12-8-17(2)9-13-20)21-14-15-25-22(28-21)26-18(3)24(4,5)31/h6-15,18,31H,1-5H3,(H,27,30)(H,25,26,28)/t18-/m0/s1. The maximum atomic E-state index is 13.3. The number of hydrogen-bond donors (Lipinski definition) is 3. The number of benzene rings is 2. The van der Waals surface area contributed by atoms with Crippen molar-refractivity contribution < 1.29 is 9.90 Å². The third-order valence-electron chi connectivity index (χ3n) is 5.07. The summed E-state index contributed by atoms with van der Waals surface area (Å²) in [5.74, 6) is 0.737. The highest BCUT2D eigenvalue weighted by molar-refractivity contribution is 6.06. The molecule has 1 aromatic heterocycles. The summed E-state index contributed by atoms with van der Waals surface area (Å²) < 4.78 is 0. The van der Waals surface area contributed by atoms with Gasteiger partial charge in [-0.1, -0.05) is 35.4 Å². The van der Waals surface area contributed by atoms with Gasteiger partial charge in [-0.25, -0.2) is 14.7 Å². The van der Waals surface area contributed by atoms with Crippen LogP contribution in [0.15, 0.2) is 60.8 Å². The molecule has 1 atom stereocenters. The second-order valence-electron chi connectivity index (χ2n) is 8.23. The fourth-order valence-electron chi connectivity index (χ4n) is 2.78. The normalized spacial score (nSPS) is 12.2. The Bertz CT molecular complexity index is 1030. The number of aryl methyl sites for hydroxylation is 2. The van der Waals surface area contributed by atoms with E-state index < -0.39 is 5.60 Å². The van der Waals surface area contributed by atoms with Crippen LogP contribution in [0.2, 0.25) is 0 Å². The molecule has 0 saturated heterocycles. The molecule has 3 aromatic rings. The SMILES string of the molecule is Cc1ccc(NC(=O)N(c2ccc(C)cc2)c2ccnc(N[C@@H](C)C(C)(C)O)n2)cc1. The number of anilines is 4. The molecule has 3 N–H and O–H groups in total. The van der Waals surface area contributed by atoms with Gasteiger partial charge >= 0.3 is 6.03 Å². The van der Waals surface area contributed by atoms with Crippen LogP contribution in [0.25, 0.3) is 0 Å². The van der Waals surface area contributed by atoms with Crippen LogP contribution in [0, 0.1) is 13.8 Å². The fraction of sp³-hybridized carbons (Fsp3) is 0.292. The third-order valence-corrected chi connectivity index (χ3v) is 5.07. The van der Waals surface area contributed by atoms with Gasteiger partial charge in [0, 0.05) is 18.0 Å². The van der Waals surface area contributed by atoms with Crippen molar-refractivity contribution in [1.29, 1.82) is 0 Å². The van der Waals surface area contributed by atoms with Crippen molar-refractivity contribution in [3.05, 3.63) is 71.9 Å². The zero-order valence-corrected chi connectivity index (χ0v) is 18.5. The predicted octanol–water partition coefficient (Wildman–Crippen LogP) is 5.03. The number of rotatable bonds is 6. The summed E-state index contributed by atoms with van der Waals surface area (Å²) >= 11 is 0. The zero-order chi connectivity index (χ0) is 22.6. The first-order chi connectivity index (χ1) is 14.6. The summed E-state index contributed by atoms with van der Waals surface area (Å²) in [5.41, 5.74) is 2.61. The molecular formula is C24H29N5O2. The second kappa shape index (κ2) is 9.14. The largest absolute Gasteiger partial charge is 0.388 e. The number of nitrogens with one attached hydrogen (secondary N) is 2. The Kier molecular flexibility index (Phi) is 6.56. The highest BCUT2D eigenvalue weighted by atomic mass is 16.3. The molecule has 0 aliphatic carbocycles. The predicted molar refractivity (Wildman–Crippen MR) is 125 cm³/mol. The topological polar surface area (TPSA) is 90.4 Å². The molecule has 0 spiro atoms. The van der Waals surface area contributed by atoms with Gasteiger partial charge in [0.25, 0.3) is 0 Å². The van der Waals surface area contributed by atoms with E-state index in [-0.39, 0.29) is 12.1 Å². The van der Waals surface area contributed by atoms with E-state index in [1.807, 2.05) is 69.3 Å². The minimum absolute atomic E-state index is 0.294. The van der Waals surface area contributed by atoms with Crippen LogP contribution in [0.1, 0.15) is 31.9 Å². The lowest BCUT2D eigenvalue weighted by atomic mass is 10.0. The van der Waals surface area contributed by atoms with Gasteiger partial charge in [0.05, 0.1) is 17.3 Å². The van der Waals surface area contributed by atoms with E-state index >= 15 is 0 Å². The highest BCUT2D eigenvalue weighted by Crippen LogP contribution is 2.26. The van der Waals surface area contributed by atoms with Gasteiger partial charge in [0.15, 0.2) is 0 Å². The number of amides is 2. The number of urea groups is 1. The fourth-order valence-corrected chi connectivity index (χ4v) is 2.78. The van der Waals surface area contributed by atoms with Crippen LogP contribution in [0.4, 0.5) is 27.9 Å². The van der Waals surface area contributed by atoms with Gasteiger partial charge in [-0.05, 0) is 58.9 Å². The number of aromatic nitrogens is 2. The first kappa shape index (κ1) is 22.2. The summed E-state index contributed by atoms with van der Waals surface area (Å²) in [6, 6.07) is 16.3. The Morgan fingerprint density at radius 3 is 2.16 bits per heavy atom. The van der Waals surface area contributed by atoms with Gasteiger partial charge in [-0.2, -0.15) is 4.98 Å². The molecule has 0 aliphatic rings. The van der Waals surface area contributed by atoms with Gasteiger partial charge in [0.2, 0.25) is 5.95 Å². The Labute approximate surface area is 183 Å². The molecule has 1 heterocycles. The summed E-state index contributed by atoms with van der Waals surface area (Å²) in [7, 11) is 0. The van der Waals surface area contributed by atoms with Gasteiger partial charge in [0.1, 0.15) is 5.82 Å². The molecule has 162 valence electrons. The zero-order valence-electron chi connectivity index (χ0n) is 18.5. The van der Waals surface area contributed by atoms with E-state index in [1.165, 1.54) is 4.90 Å². The van der Waals surface area contributed by atoms with E-state index in [4.69, 9.17) is 0 Å². The Morgan fingerprint density at radius 2 is 1.58 bits per heavy atom. The number of aliphatic hydroxyl groups is 1.